The number of hydrogen-bond acceptors (Lipinski definition) is 5. The Morgan fingerprint density at radius 2 is 2.04 bits per heavy atom. The molecule has 0 saturated heterocycles. The molecule has 9 heteroatoms. The van der Waals surface area contributed by atoms with Crippen molar-refractivity contribution < 1.29 is 17.9 Å². The molecule has 2 aromatic rings. The van der Waals surface area contributed by atoms with Gasteiger partial charge >= 0.3 is 0 Å². The lowest BCUT2D eigenvalue weighted by Crippen LogP contribution is -2.48. The summed E-state index contributed by atoms with van der Waals surface area (Å²) in [6.45, 7) is -0.162. The second kappa shape index (κ2) is 7.47. The SMILES string of the molecule is CS(=O)(=O)N1CC(C(=O)Nc2ccc(CC#N)cc2)Oc2ccc(Cl)cc21. The zero-order chi connectivity index (χ0) is 19.6. The molecular weight excluding hydrogens is 390 g/mol. The molecule has 0 radical (unpaired) electrons. The van der Waals surface area contributed by atoms with Crippen molar-refractivity contribution in [3.63, 3.8) is 0 Å². The molecule has 0 fully saturated rings. The lowest BCUT2D eigenvalue weighted by Gasteiger charge is -2.34. The molecule has 1 atom stereocenters. The number of hydrogen-bond donors (Lipinski definition) is 1. The molecule has 2 aromatic carbocycles. The third kappa shape index (κ3) is 4.32. The fourth-order valence-corrected chi connectivity index (χ4v) is 3.77. The highest BCUT2D eigenvalue weighted by Crippen LogP contribution is 2.37. The minimum Gasteiger partial charge on any atom is -0.476 e. The van der Waals surface area contributed by atoms with Crippen molar-refractivity contribution in [2.45, 2.75) is 12.5 Å². The van der Waals surface area contributed by atoms with Gasteiger partial charge in [0.2, 0.25) is 10.0 Å². The maximum absolute atomic E-state index is 12.6. The number of rotatable bonds is 4. The van der Waals surface area contributed by atoms with Crippen molar-refractivity contribution in [1.29, 1.82) is 5.26 Å². The smallest absolute Gasteiger partial charge is 0.267 e. The Labute approximate surface area is 162 Å². The Bertz CT molecular complexity index is 1020. The molecule has 0 aromatic heterocycles. The van der Waals surface area contributed by atoms with Crippen molar-refractivity contribution in [3.8, 4) is 11.8 Å². The molecule has 1 N–H and O–H groups in total. The molecule has 1 unspecified atom stereocenters. The van der Waals surface area contributed by atoms with E-state index >= 15 is 0 Å². The Balaban J connectivity index is 1.81. The van der Waals surface area contributed by atoms with Gasteiger partial charge in [-0.2, -0.15) is 5.26 Å². The normalized spacial score (nSPS) is 16.0. The predicted molar refractivity (Wildman–Crippen MR) is 102 cm³/mol. The molecule has 0 saturated carbocycles. The number of anilines is 2. The Hall–Kier alpha value is -2.76. The van der Waals surface area contributed by atoms with E-state index in [9.17, 15) is 13.2 Å². The predicted octanol–water partition coefficient (Wildman–Crippen LogP) is 2.57. The molecule has 0 bridgehead atoms. The van der Waals surface area contributed by atoms with Crippen LogP contribution < -0.4 is 14.4 Å². The summed E-state index contributed by atoms with van der Waals surface area (Å²) in [5.74, 6) is -0.210. The summed E-state index contributed by atoms with van der Waals surface area (Å²) in [4.78, 5) is 12.6. The first-order chi connectivity index (χ1) is 12.8. The van der Waals surface area contributed by atoms with Gasteiger partial charge in [0.05, 0.1) is 31.0 Å². The average Bonchev–Trinajstić information content (AvgIpc) is 2.61. The number of ether oxygens (including phenoxy) is 1. The minimum atomic E-state index is -3.62. The number of nitrogens with zero attached hydrogens (tertiary/aromatic N) is 2. The molecule has 0 spiro atoms. The van der Waals surface area contributed by atoms with E-state index in [1.54, 1.807) is 30.3 Å². The van der Waals surface area contributed by atoms with E-state index in [2.05, 4.69) is 5.32 Å². The molecule has 7 nitrogen and oxygen atoms in total. The summed E-state index contributed by atoms with van der Waals surface area (Å²) in [6, 6.07) is 13.5. The van der Waals surface area contributed by atoms with Gasteiger partial charge in [-0.15, -0.1) is 0 Å². The van der Waals surface area contributed by atoms with Crippen LogP contribution in [0.25, 0.3) is 0 Å². The molecule has 27 heavy (non-hydrogen) atoms. The summed E-state index contributed by atoms with van der Waals surface area (Å²) in [5.41, 5.74) is 1.66. The first kappa shape index (κ1) is 19.0. The number of halogens is 1. The topological polar surface area (TPSA) is 99.5 Å². The first-order valence-corrected chi connectivity index (χ1v) is 10.2. The molecular formula is C18H16ClN3O4S. The lowest BCUT2D eigenvalue weighted by molar-refractivity contribution is -0.122. The van der Waals surface area contributed by atoms with Crippen LogP contribution in [0.1, 0.15) is 5.56 Å². The van der Waals surface area contributed by atoms with Gasteiger partial charge in [-0.05, 0) is 35.9 Å². The van der Waals surface area contributed by atoms with Crippen molar-refractivity contribution in [2.75, 3.05) is 22.4 Å². The molecule has 1 amide bonds. The second-order valence-electron chi connectivity index (χ2n) is 6.03. The van der Waals surface area contributed by atoms with Gasteiger partial charge < -0.3 is 10.1 Å². The minimum absolute atomic E-state index is 0.162. The van der Waals surface area contributed by atoms with E-state index in [4.69, 9.17) is 21.6 Å². The van der Waals surface area contributed by atoms with Crippen LogP contribution in [0.4, 0.5) is 11.4 Å². The van der Waals surface area contributed by atoms with E-state index in [1.165, 1.54) is 12.1 Å². The van der Waals surface area contributed by atoms with Crippen LogP contribution in [0.5, 0.6) is 5.75 Å². The Morgan fingerprint density at radius 1 is 1.33 bits per heavy atom. The number of benzene rings is 2. The van der Waals surface area contributed by atoms with Crippen LogP contribution in [-0.2, 0) is 21.2 Å². The summed E-state index contributed by atoms with van der Waals surface area (Å²) in [6.07, 6.45) is 0.321. The van der Waals surface area contributed by atoms with Crippen LogP contribution in [0.2, 0.25) is 5.02 Å². The largest absolute Gasteiger partial charge is 0.476 e. The van der Waals surface area contributed by atoms with Crippen LogP contribution >= 0.6 is 11.6 Å². The lowest BCUT2D eigenvalue weighted by atomic mass is 10.1. The van der Waals surface area contributed by atoms with E-state index in [0.717, 1.165) is 16.1 Å². The van der Waals surface area contributed by atoms with Gasteiger partial charge in [-0.1, -0.05) is 23.7 Å². The molecule has 1 aliphatic heterocycles. The zero-order valence-corrected chi connectivity index (χ0v) is 15.9. The van der Waals surface area contributed by atoms with Crippen LogP contribution in [-0.4, -0.2) is 33.2 Å². The highest BCUT2D eigenvalue weighted by molar-refractivity contribution is 7.92. The van der Waals surface area contributed by atoms with E-state index in [-0.39, 0.29) is 18.7 Å². The van der Waals surface area contributed by atoms with Crippen molar-refractivity contribution in [3.05, 3.63) is 53.1 Å². The van der Waals surface area contributed by atoms with Gasteiger partial charge in [0.15, 0.2) is 6.10 Å². The molecule has 140 valence electrons. The number of fused-ring (bicyclic) bond motifs is 1. The van der Waals surface area contributed by atoms with Crippen molar-refractivity contribution >= 4 is 38.9 Å². The highest BCUT2D eigenvalue weighted by atomic mass is 35.5. The summed E-state index contributed by atoms with van der Waals surface area (Å²) in [7, 11) is -3.62. The first-order valence-electron chi connectivity index (χ1n) is 7.98. The number of nitriles is 1. The summed E-state index contributed by atoms with van der Waals surface area (Å²) >= 11 is 5.96. The number of nitrogens with one attached hydrogen (secondary N) is 1. The van der Waals surface area contributed by atoms with Crippen LogP contribution in [0.15, 0.2) is 42.5 Å². The van der Waals surface area contributed by atoms with Crippen molar-refractivity contribution in [1.82, 2.24) is 0 Å². The van der Waals surface area contributed by atoms with Gasteiger partial charge in [0.1, 0.15) is 5.75 Å². The monoisotopic (exact) mass is 405 g/mol. The van der Waals surface area contributed by atoms with Gasteiger partial charge in [0.25, 0.3) is 5.91 Å². The van der Waals surface area contributed by atoms with E-state index in [0.29, 0.717) is 16.4 Å². The molecule has 1 heterocycles. The third-order valence-corrected chi connectivity index (χ3v) is 5.37. The standard InChI is InChI=1S/C18H16ClN3O4S/c1-27(24,25)22-11-17(26-16-7-4-13(19)10-15(16)22)18(23)21-14-5-2-12(3-6-14)8-9-20/h2-7,10,17H,8,11H2,1H3,(H,21,23). The fourth-order valence-electron chi connectivity index (χ4n) is 2.70. The quantitative estimate of drug-likeness (QED) is 0.842. The van der Waals surface area contributed by atoms with Crippen molar-refractivity contribution in [2.24, 2.45) is 0 Å². The second-order valence-corrected chi connectivity index (χ2v) is 8.38. The number of sulfonamides is 1. The van der Waals surface area contributed by atoms with Gasteiger partial charge in [-0.3, -0.25) is 9.10 Å². The Kier molecular flexibility index (Phi) is 5.26. The summed E-state index contributed by atoms with van der Waals surface area (Å²) in [5, 5.41) is 11.8. The van der Waals surface area contributed by atoms with E-state index in [1.807, 2.05) is 6.07 Å². The maximum Gasteiger partial charge on any atom is 0.267 e. The third-order valence-electron chi connectivity index (χ3n) is 3.99. The molecule has 3 rings (SSSR count). The zero-order valence-electron chi connectivity index (χ0n) is 14.3. The average molecular weight is 406 g/mol. The number of carbonyl (C=O) groups excluding carboxylic acids is 1. The van der Waals surface area contributed by atoms with Gasteiger partial charge in [-0.25, -0.2) is 8.42 Å². The molecule has 0 aliphatic carbocycles. The maximum atomic E-state index is 12.6. The van der Waals surface area contributed by atoms with Gasteiger partial charge in [0, 0.05) is 10.7 Å². The Morgan fingerprint density at radius 3 is 2.67 bits per heavy atom. The highest BCUT2D eigenvalue weighted by Gasteiger charge is 2.35. The van der Waals surface area contributed by atoms with Crippen LogP contribution in [0, 0.1) is 11.3 Å². The summed E-state index contributed by atoms with van der Waals surface area (Å²) < 4.78 is 31.1. The van der Waals surface area contributed by atoms with E-state index < -0.39 is 22.0 Å². The number of amides is 1. The fraction of sp³-hybridized carbons (Fsp3) is 0.222. The molecule has 1 aliphatic rings. The van der Waals surface area contributed by atoms with Crippen LogP contribution in [0.3, 0.4) is 0 Å². The number of carbonyl (C=O) groups is 1.